The van der Waals surface area contributed by atoms with Crippen LogP contribution in [0.25, 0.3) is 0 Å². The highest BCUT2D eigenvalue weighted by Crippen LogP contribution is 2.27. The molecule has 0 aliphatic carbocycles. The van der Waals surface area contributed by atoms with Gasteiger partial charge < -0.3 is 10.2 Å². The number of hydrogen-bond donors (Lipinski definition) is 1. The van der Waals surface area contributed by atoms with Crippen LogP contribution in [0.15, 0.2) is 39.8 Å². The van der Waals surface area contributed by atoms with E-state index in [9.17, 15) is 9.59 Å². The Labute approximate surface area is 134 Å². The number of amides is 2. The van der Waals surface area contributed by atoms with Gasteiger partial charge in [-0.05, 0) is 24.6 Å². The molecule has 1 aliphatic rings. The standard InChI is InChI=1S/C14H14Br2N2O2/c1-9(15)8-17-13(19)12-5-6-18(14(12)20)11-4-2-3-10(16)7-11/h2-4,7,12H,1,5-6,8H2,(H,17,19). The van der Waals surface area contributed by atoms with E-state index in [-0.39, 0.29) is 11.8 Å². The second-order valence-electron chi connectivity index (χ2n) is 4.55. The van der Waals surface area contributed by atoms with Crippen LogP contribution < -0.4 is 10.2 Å². The smallest absolute Gasteiger partial charge is 0.239 e. The summed E-state index contributed by atoms with van der Waals surface area (Å²) in [6.07, 6.45) is 0.534. The molecule has 1 fully saturated rings. The molecule has 1 saturated heterocycles. The third kappa shape index (κ3) is 3.49. The quantitative estimate of drug-likeness (QED) is 0.788. The van der Waals surface area contributed by atoms with Gasteiger partial charge in [-0.2, -0.15) is 0 Å². The second-order valence-corrected chi connectivity index (χ2v) is 6.58. The van der Waals surface area contributed by atoms with Crippen molar-refractivity contribution in [2.45, 2.75) is 6.42 Å². The molecule has 20 heavy (non-hydrogen) atoms. The van der Waals surface area contributed by atoms with Gasteiger partial charge in [0.05, 0.1) is 0 Å². The number of halogens is 2. The number of carbonyl (C=O) groups is 2. The van der Waals surface area contributed by atoms with Crippen LogP contribution in [0, 0.1) is 5.92 Å². The number of anilines is 1. The lowest BCUT2D eigenvalue weighted by Gasteiger charge is -2.17. The Bertz CT molecular complexity index is 560. The van der Waals surface area contributed by atoms with Gasteiger partial charge in [-0.1, -0.05) is 44.5 Å². The van der Waals surface area contributed by atoms with E-state index >= 15 is 0 Å². The molecule has 0 bridgehead atoms. The van der Waals surface area contributed by atoms with Gasteiger partial charge in [0.1, 0.15) is 5.92 Å². The first-order valence-electron chi connectivity index (χ1n) is 6.17. The predicted octanol–water partition coefficient (Wildman–Crippen LogP) is 2.83. The maximum atomic E-state index is 12.3. The minimum atomic E-state index is -0.610. The van der Waals surface area contributed by atoms with Crippen molar-refractivity contribution in [3.63, 3.8) is 0 Å². The van der Waals surface area contributed by atoms with Crippen LogP contribution in [0.2, 0.25) is 0 Å². The number of carbonyl (C=O) groups excluding carboxylic acids is 2. The zero-order valence-electron chi connectivity index (χ0n) is 10.7. The molecule has 6 heteroatoms. The number of nitrogens with zero attached hydrogens (tertiary/aromatic N) is 1. The largest absolute Gasteiger partial charge is 0.351 e. The summed E-state index contributed by atoms with van der Waals surface area (Å²) >= 11 is 6.56. The Morgan fingerprint density at radius 1 is 1.50 bits per heavy atom. The third-order valence-corrected chi connectivity index (χ3v) is 3.87. The SMILES string of the molecule is C=C(Br)CNC(=O)C1CCN(c2cccc(Br)c2)C1=O. The fourth-order valence-corrected chi connectivity index (χ4v) is 2.66. The second kappa shape index (κ2) is 6.54. The van der Waals surface area contributed by atoms with E-state index in [0.29, 0.717) is 24.0 Å². The zero-order chi connectivity index (χ0) is 14.7. The number of hydrogen-bond acceptors (Lipinski definition) is 2. The summed E-state index contributed by atoms with van der Waals surface area (Å²) in [5, 5.41) is 2.70. The van der Waals surface area contributed by atoms with Gasteiger partial charge in [-0.25, -0.2) is 0 Å². The summed E-state index contributed by atoms with van der Waals surface area (Å²) in [6.45, 7) is 4.54. The summed E-state index contributed by atoms with van der Waals surface area (Å²) in [4.78, 5) is 25.9. The summed E-state index contributed by atoms with van der Waals surface area (Å²) in [5.74, 6) is -1.00. The van der Waals surface area contributed by atoms with Crippen LogP contribution in [-0.2, 0) is 9.59 Å². The molecule has 1 heterocycles. The van der Waals surface area contributed by atoms with Gasteiger partial charge in [0.15, 0.2) is 0 Å². The summed E-state index contributed by atoms with van der Waals surface area (Å²) < 4.78 is 1.59. The van der Waals surface area contributed by atoms with E-state index in [1.165, 1.54) is 0 Å². The van der Waals surface area contributed by atoms with Crippen LogP contribution in [-0.4, -0.2) is 24.9 Å². The highest BCUT2D eigenvalue weighted by atomic mass is 79.9. The molecule has 4 nitrogen and oxygen atoms in total. The molecule has 1 N–H and O–H groups in total. The molecular formula is C14H14Br2N2O2. The van der Waals surface area contributed by atoms with Crippen LogP contribution in [0.5, 0.6) is 0 Å². The minimum Gasteiger partial charge on any atom is -0.351 e. The van der Waals surface area contributed by atoms with Crippen molar-refractivity contribution >= 4 is 49.4 Å². The van der Waals surface area contributed by atoms with Gasteiger partial charge in [-0.3, -0.25) is 9.59 Å². The van der Waals surface area contributed by atoms with Crippen molar-refractivity contribution in [3.8, 4) is 0 Å². The Kier molecular flexibility index (Phi) is 4.99. The van der Waals surface area contributed by atoms with E-state index in [4.69, 9.17) is 0 Å². The van der Waals surface area contributed by atoms with Crippen molar-refractivity contribution in [1.29, 1.82) is 0 Å². The summed E-state index contributed by atoms with van der Waals surface area (Å²) in [5.41, 5.74) is 0.810. The van der Waals surface area contributed by atoms with E-state index in [1.54, 1.807) is 4.90 Å². The Morgan fingerprint density at radius 2 is 2.25 bits per heavy atom. The van der Waals surface area contributed by atoms with Gasteiger partial charge in [0, 0.05) is 27.7 Å². The average Bonchev–Trinajstić information content (AvgIpc) is 2.78. The molecule has 0 spiro atoms. The van der Waals surface area contributed by atoms with Crippen molar-refractivity contribution in [2.24, 2.45) is 5.92 Å². The van der Waals surface area contributed by atoms with E-state index in [0.717, 1.165) is 10.2 Å². The van der Waals surface area contributed by atoms with Crippen molar-refractivity contribution in [3.05, 3.63) is 39.8 Å². The highest BCUT2D eigenvalue weighted by molar-refractivity contribution is 9.11. The van der Waals surface area contributed by atoms with Gasteiger partial charge >= 0.3 is 0 Å². The van der Waals surface area contributed by atoms with E-state index < -0.39 is 5.92 Å². The number of benzene rings is 1. The first kappa shape index (κ1) is 15.3. The van der Waals surface area contributed by atoms with E-state index in [2.05, 4.69) is 43.8 Å². The van der Waals surface area contributed by atoms with Crippen molar-refractivity contribution in [1.82, 2.24) is 5.32 Å². The Morgan fingerprint density at radius 3 is 2.90 bits per heavy atom. The van der Waals surface area contributed by atoms with Crippen molar-refractivity contribution < 1.29 is 9.59 Å². The molecule has 1 unspecified atom stereocenters. The first-order valence-corrected chi connectivity index (χ1v) is 7.75. The van der Waals surface area contributed by atoms with Crippen molar-refractivity contribution in [2.75, 3.05) is 18.0 Å². The molecule has 1 aliphatic heterocycles. The Hall–Kier alpha value is -1.14. The van der Waals surface area contributed by atoms with Crippen LogP contribution >= 0.6 is 31.9 Å². The minimum absolute atomic E-state index is 0.152. The first-order chi connectivity index (χ1) is 9.49. The lowest BCUT2D eigenvalue weighted by Crippen LogP contribution is -2.37. The molecule has 2 rings (SSSR count). The van der Waals surface area contributed by atoms with E-state index in [1.807, 2.05) is 24.3 Å². The Balaban J connectivity index is 2.06. The molecule has 0 saturated carbocycles. The molecule has 0 aromatic heterocycles. The average molecular weight is 402 g/mol. The molecule has 1 aromatic carbocycles. The lowest BCUT2D eigenvalue weighted by atomic mass is 10.1. The van der Waals surface area contributed by atoms with Crippen LogP contribution in [0.4, 0.5) is 5.69 Å². The van der Waals surface area contributed by atoms with Gasteiger partial charge in [-0.15, -0.1) is 0 Å². The summed E-state index contributed by atoms with van der Waals surface area (Å²) in [6, 6.07) is 7.51. The molecule has 1 aromatic rings. The molecule has 2 amide bonds. The molecule has 106 valence electrons. The fourth-order valence-electron chi connectivity index (χ4n) is 2.13. The van der Waals surface area contributed by atoms with Crippen LogP contribution in [0.1, 0.15) is 6.42 Å². The maximum absolute atomic E-state index is 12.3. The molecule has 0 radical (unpaired) electrons. The fraction of sp³-hybridized carbons (Fsp3) is 0.286. The van der Waals surface area contributed by atoms with Gasteiger partial charge in [0.25, 0.3) is 0 Å². The molecule has 1 atom stereocenters. The third-order valence-electron chi connectivity index (χ3n) is 3.10. The topological polar surface area (TPSA) is 49.4 Å². The predicted molar refractivity (Wildman–Crippen MR) is 85.7 cm³/mol. The highest BCUT2D eigenvalue weighted by Gasteiger charge is 2.37. The monoisotopic (exact) mass is 400 g/mol. The zero-order valence-corrected chi connectivity index (χ0v) is 13.9. The van der Waals surface area contributed by atoms with Crippen LogP contribution in [0.3, 0.4) is 0 Å². The number of nitrogens with one attached hydrogen (secondary N) is 1. The normalized spacial score (nSPS) is 18.2. The summed E-state index contributed by atoms with van der Waals surface area (Å²) in [7, 11) is 0. The maximum Gasteiger partial charge on any atom is 0.239 e. The number of rotatable bonds is 4. The lowest BCUT2D eigenvalue weighted by molar-refractivity contribution is -0.131. The molecular weight excluding hydrogens is 388 g/mol. The van der Waals surface area contributed by atoms with Gasteiger partial charge in [0.2, 0.25) is 11.8 Å².